The quantitative estimate of drug-likeness (QED) is 0.316. The Morgan fingerprint density at radius 2 is 1.86 bits per heavy atom. The third-order valence-corrected chi connectivity index (χ3v) is 9.15. The minimum atomic E-state index is -0.528. The number of hydrogen-bond donors (Lipinski definition) is 0. The van der Waals surface area contributed by atoms with E-state index in [9.17, 15) is 19.2 Å². The van der Waals surface area contributed by atoms with Crippen molar-refractivity contribution in [1.29, 1.82) is 0 Å². The molecule has 3 aromatic rings. The zero-order valence-electron chi connectivity index (χ0n) is 25.7. The predicted octanol–water partition coefficient (Wildman–Crippen LogP) is 4.21. The molecule has 2 aliphatic heterocycles. The number of piperidine rings is 1. The maximum Gasteiger partial charge on any atom is 0.321 e. The number of aromatic nitrogens is 4. The highest BCUT2D eigenvalue weighted by Gasteiger charge is 2.67. The van der Waals surface area contributed by atoms with Gasteiger partial charge in [-0.15, -0.1) is 0 Å². The number of ether oxygens (including phenoxy) is 1. The second kappa shape index (κ2) is 11.6. The summed E-state index contributed by atoms with van der Waals surface area (Å²) in [7, 11) is 1.82. The Kier molecular flexibility index (Phi) is 7.81. The average Bonchev–Trinajstić information content (AvgIpc) is 3.39. The molecule has 1 aromatic carbocycles. The summed E-state index contributed by atoms with van der Waals surface area (Å²) in [5.41, 5.74) is 2.36. The molecule has 2 bridgehead atoms. The van der Waals surface area contributed by atoms with E-state index in [-0.39, 0.29) is 53.1 Å². The molecule has 3 atom stereocenters. The smallest absolute Gasteiger partial charge is 0.321 e. The molecule has 0 radical (unpaired) electrons. The fraction of sp³-hybridized carbons (Fsp3) is 0.485. The number of nitrogens with zero attached hydrogens (tertiary/aromatic N) is 6. The van der Waals surface area contributed by atoms with Crippen LogP contribution in [-0.2, 0) is 27.3 Å². The van der Waals surface area contributed by atoms with Gasteiger partial charge in [0.25, 0.3) is 0 Å². The van der Waals surface area contributed by atoms with E-state index in [2.05, 4.69) is 21.1 Å². The maximum atomic E-state index is 14.1. The number of hydrogen-bond acceptors (Lipinski definition) is 8. The van der Waals surface area contributed by atoms with Crippen LogP contribution in [0.25, 0.3) is 10.9 Å². The topological polar surface area (TPSA) is 128 Å². The standard InChI is InChI=1S/C33H38N6O5/c1-5-26(41)25-14-33-15-27(33)39(25)29(43)18-38-31-22(10-8-6-7-9-11-28(42)37(4)19-33)12-23(13-24(31)30(36-38)21(3)40)44-32-34-16-20(2)17-35-32/h6,8,12-13,16-17,25,27H,5,7,9-11,14-15,18-19H2,1-4H3/b8-6+/t25-,27+,33-/m0/s1. The third kappa shape index (κ3) is 5.51. The van der Waals surface area contributed by atoms with Crippen LogP contribution in [0.5, 0.6) is 11.8 Å². The SMILES string of the molecule is CCC(=O)[C@@H]1C[C@@]23C[C@H]2N1C(=O)Cn1nc(C(C)=O)c2cc(Oc4ncc(C)cn4)cc(c21)C/C=C/CCCC(=O)N(C)C3. The lowest BCUT2D eigenvalue weighted by Gasteiger charge is -2.26. The summed E-state index contributed by atoms with van der Waals surface area (Å²) in [6, 6.07) is 3.15. The van der Waals surface area contributed by atoms with E-state index < -0.39 is 6.04 Å². The number of amides is 2. The minimum Gasteiger partial charge on any atom is -0.424 e. The molecule has 0 spiro atoms. The maximum absolute atomic E-state index is 14.1. The van der Waals surface area contributed by atoms with Gasteiger partial charge in [0.1, 0.15) is 18.0 Å². The molecule has 0 N–H and O–H groups in total. The highest BCUT2D eigenvalue weighted by atomic mass is 16.5. The van der Waals surface area contributed by atoms with E-state index >= 15 is 0 Å². The van der Waals surface area contributed by atoms with E-state index in [0.717, 1.165) is 24.0 Å². The Bertz CT molecular complexity index is 1680. The lowest BCUT2D eigenvalue weighted by molar-refractivity contribution is -0.139. The fourth-order valence-corrected chi connectivity index (χ4v) is 6.89. The molecule has 2 fully saturated rings. The molecule has 1 saturated heterocycles. The van der Waals surface area contributed by atoms with Crippen molar-refractivity contribution in [3.05, 3.63) is 53.5 Å². The summed E-state index contributed by atoms with van der Waals surface area (Å²) in [4.78, 5) is 65.0. The van der Waals surface area contributed by atoms with Crippen molar-refractivity contribution in [2.75, 3.05) is 13.6 Å². The van der Waals surface area contributed by atoms with Gasteiger partial charge >= 0.3 is 6.01 Å². The Morgan fingerprint density at radius 3 is 2.59 bits per heavy atom. The molecule has 6 rings (SSSR count). The van der Waals surface area contributed by atoms with Crippen LogP contribution < -0.4 is 4.74 Å². The highest BCUT2D eigenvalue weighted by Crippen LogP contribution is 2.60. The van der Waals surface area contributed by atoms with E-state index in [1.165, 1.54) is 6.92 Å². The summed E-state index contributed by atoms with van der Waals surface area (Å²) in [5, 5.41) is 5.23. The minimum absolute atomic E-state index is 0.0222. The van der Waals surface area contributed by atoms with Crippen molar-refractivity contribution in [1.82, 2.24) is 29.5 Å². The van der Waals surface area contributed by atoms with Crippen molar-refractivity contribution >= 4 is 34.3 Å². The molecule has 2 aromatic heterocycles. The van der Waals surface area contributed by atoms with Gasteiger partial charge in [0.2, 0.25) is 11.8 Å². The second-order valence-electron chi connectivity index (χ2n) is 12.4. The lowest BCUT2D eigenvalue weighted by atomic mass is 9.95. The van der Waals surface area contributed by atoms with Gasteiger partial charge in [-0.2, -0.15) is 5.10 Å². The van der Waals surface area contributed by atoms with E-state index in [0.29, 0.717) is 55.3 Å². The third-order valence-electron chi connectivity index (χ3n) is 9.15. The predicted molar refractivity (Wildman–Crippen MR) is 162 cm³/mol. The van der Waals surface area contributed by atoms with Crippen molar-refractivity contribution in [2.45, 2.75) is 84.3 Å². The van der Waals surface area contributed by atoms with E-state index in [4.69, 9.17) is 4.74 Å². The van der Waals surface area contributed by atoms with Crippen molar-refractivity contribution < 1.29 is 23.9 Å². The Labute approximate surface area is 256 Å². The van der Waals surface area contributed by atoms with Crippen molar-refractivity contribution in [3.8, 4) is 11.8 Å². The first-order valence-corrected chi connectivity index (χ1v) is 15.3. The first-order valence-electron chi connectivity index (χ1n) is 15.3. The molecular weight excluding hydrogens is 560 g/mol. The first kappa shape index (κ1) is 29.7. The van der Waals surface area contributed by atoms with Crippen LogP contribution in [0, 0.1) is 12.3 Å². The van der Waals surface area contributed by atoms with Crippen molar-refractivity contribution in [2.24, 2.45) is 5.41 Å². The van der Waals surface area contributed by atoms with Crippen LogP contribution in [-0.4, -0.2) is 78.6 Å². The van der Waals surface area contributed by atoms with Crippen LogP contribution in [0.1, 0.15) is 74.0 Å². The molecule has 3 aliphatic rings. The average molecular weight is 599 g/mol. The summed E-state index contributed by atoms with van der Waals surface area (Å²) in [5.74, 6) is 0.103. The van der Waals surface area contributed by atoms with Gasteiger partial charge < -0.3 is 14.5 Å². The van der Waals surface area contributed by atoms with Gasteiger partial charge in [0, 0.05) is 62.6 Å². The highest BCUT2D eigenvalue weighted by molar-refractivity contribution is 6.06. The summed E-state index contributed by atoms with van der Waals surface area (Å²) in [6.45, 7) is 5.57. The molecule has 11 nitrogen and oxygen atoms in total. The molecule has 1 saturated carbocycles. The molecule has 0 unspecified atom stereocenters. The van der Waals surface area contributed by atoms with Crippen LogP contribution in [0.4, 0.5) is 0 Å². The molecular formula is C33H38N6O5. The normalized spacial score (nSPS) is 24.6. The van der Waals surface area contributed by atoms with Gasteiger partial charge in [-0.1, -0.05) is 19.1 Å². The lowest BCUT2D eigenvalue weighted by Crippen LogP contribution is -2.44. The number of ketones is 2. The van der Waals surface area contributed by atoms with Gasteiger partial charge in [-0.25, -0.2) is 9.97 Å². The van der Waals surface area contributed by atoms with Gasteiger partial charge in [-0.3, -0.25) is 23.9 Å². The Morgan fingerprint density at radius 1 is 1.09 bits per heavy atom. The van der Waals surface area contributed by atoms with Gasteiger partial charge in [0.05, 0.1) is 11.6 Å². The molecule has 2 amide bonds. The zero-order valence-corrected chi connectivity index (χ0v) is 25.7. The van der Waals surface area contributed by atoms with E-state index in [1.807, 2.05) is 33.0 Å². The molecule has 44 heavy (non-hydrogen) atoms. The Hall–Kier alpha value is -4.41. The number of rotatable bonds is 5. The van der Waals surface area contributed by atoms with Crippen LogP contribution in [0.3, 0.4) is 0 Å². The largest absolute Gasteiger partial charge is 0.424 e. The molecule has 1 aliphatic carbocycles. The first-order chi connectivity index (χ1) is 21.1. The monoisotopic (exact) mass is 598 g/mol. The summed E-state index contributed by atoms with van der Waals surface area (Å²) in [6.07, 6.45) is 11.4. The molecule has 230 valence electrons. The van der Waals surface area contributed by atoms with Crippen LogP contribution in [0.15, 0.2) is 36.7 Å². The summed E-state index contributed by atoms with van der Waals surface area (Å²) >= 11 is 0. The van der Waals surface area contributed by atoms with Gasteiger partial charge in [-0.05, 0) is 62.3 Å². The second-order valence-corrected chi connectivity index (χ2v) is 12.4. The van der Waals surface area contributed by atoms with E-state index in [1.54, 1.807) is 32.9 Å². The van der Waals surface area contributed by atoms with Crippen LogP contribution in [0.2, 0.25) is 0 Å². The number of benzene rings is 1. The number of aryl methyl sites for hydroxylation is 1. The number of carbonyl (C=O) groups excluding carboxylic acids is 4. The molecule has 11 heteroatoms. The zero-order chi connectivity index (χ0) is 31.2. The number of Topliss-reactive ketones (excluding diaryl/α,β-unsaturated/α-hetero) is 2. The van der Waals surface area contributed by atoms with Crippen molar-refractivity contribution in [3.63, 3.8) is 0 Å². The molecule has 4 heterocycles. The number of carbonyl (C=O) groups is 4. The number of allylic oxidation sites excluding steroid dienone is 2. The van der Waals surface area contributed by atoms with Gasteiger partial charge in [0.15, 0.2) is 11.6 Å². The Balaban J connectivity index is 1.43. The van der Waals surface area contributed by atoms with Crippen LogP contribution >= 0.6 is 0 Å². The summed E-state index contributed by atoms with van der Waals surface area (Å²) < 4.78 is 7.62. The fourth-order valence-electron chi connectivity index (χ4n) is 6.89.